The zero-order valence-electron chi connectivity index (χ0n) is 24.6. The van der Waals surface area contributed by atoms with E-state index in [0.717, 1.165) is 12.0 Å². The molecule has 6 rings (SSSR count). The summed E-state index contributed by atoms with van der Waals surface area (Å²) in [6.45, 7) is 12.5. The summed E-state index contributed by atoms with van der Waals surface area (Å²) in [5.41, 5.74) is 2.24. The Bertz CT molecular complexity index is 1260. The van der Waals surface area contributed by atoms with Gasteiger partial charge in [0.2, 0.25) is 0 Å². The fourth-order valence-corrected chi connectivity index (χ4v) is 9.66. The van der Waals surface area contributed by atoms with E-state index >= 15 is 0 Å². The number of hydrogen-bond donors (Lipinski definition) is 1. The summed E-state index contributed by atoms with van der Waals surface area (Å²) >= 11 is 0. The Hall–Kier alpha value is -2.42. The number of rotatable bonds is 5. The molecule has 0 bridgehead atoms. The molecule has 2 saturated carbocycles. The van der Waals surface area contributed by atoms with Gasteiger partial charge in [-0.25, -0.2) is 4.79 Å². The highest BCUT2D eigenvalue weighted by molar-refractivity contribution is 5.87. The molecule has 0 amide bonds. The maximum absolute atomic E-state index is 13.2. The Kier molecular flexibility index (Phi) is 6.45. The number of methoxy groups -OCH3 is 1. The van der Waals surface area contributed by atoms with E-state index in [9.17, 15) is 14.7 Å². The Morgan fingerprint density at radius 2 is 1.98 bits per heavy atom. The first-order chi connectivity index (χ1) is 18.9. The van der Waals surface area contributed by atoms with Crippen LogP contribution in [0.4, 0.5) is 0 Å². The number of carbonyl (C=O) groups is 2. The standard InChI is InChI=1S/C32H42O8/c1-8-16(2)29(35)40-23-13-22(33)30(4)15-38-26-27(30)31(23,5)21(12-24(34)36-7)32(6)25-17(3)19(18-9-10-37-14-18)11-20(25)39-28(26)32/h8-10,14,19-23,26-28,33H,11-13,15H2,1-7H3/b16-8+/t19-,20-,21-,22-,23+,26-,27+,28-,30-,31+,32-/m1/s1. The van der Waals surface area contributed by atoms with Crippen molar-refractivity contribution in [1.82, 2.24) is 0 Å². The molecule has 3 aliphatic carbocycles. The number of aliphatic hydroxyl groups excluding tert-OH is 1. The van der Waals surface area contributed by atoms with Crippen LogP contribution in [0.15, 0.2) is 45.8 Å². The highest BCUT2D eigenvalue weighted by Gasteiger charge is 2.78. The number of carbonyl (C=O) groups excluding carboxylic acids is 2. The van der Waals surface area contributed by atoms with E-state index in [2.05, 4.69) is 27.7 Å². The molecule has 2 saturated heterocycles. The van der Waals surface area contributed by atoms with Crippen LogP contribution in [-0.2, 0) is 28.5 Å². The van der Waals surface area contributed by atoms with Gasteiger partial charge in [-0.3, -0.25) is 4.79 Å². The van der Waals surface area contributed by atoms with E-state index in [0.29, 0.717) is 12.2 Å². The summed E-state index contributed by atoms with van der Waals surface area (Å²) in [7, 11) is 1.42. The molecule has 0 spiro atoms. The number of allylic oxidation sites excluding steroid dienone is 2. The topological polar surface area (TPSA) is 104 Å². The molecule has 1 N–H and O–H groups in total. The lowest BCUT2D eigenvalue weighted by Gasteiger charge is -2.65. The molecule has 1 aromatic heterocycles. The summed E-state index contributed by atoms with van der Waals surface area (Å²) in [6, 6.07) is 2.01. The minimum absolute atomic E-state index is 0.120. The van der Waals surface area contributed by atoms with Gasteiger partial charge < -0.3 is 28.5 Å². The van der Waals surface area contributed by atoms with Crippen molar-refractivity contribution in [3.63, 3.8) is 0 Å². The van der Waals surface area contributed by atoms with Crippen molar-refractivity contribution in [1.29, 1.82) is 0 Å². The Balaban J connectivity index is 1.54. The molecule has 40 heavy (non-hydrogen) atoms. The third-order valence-electron chi connectivity index (χ3n) is 11.7. The average molecular weight is 555 g/mol. The summed E-state index contributed by atoms with van der Waals surface area (Å²) in [6.07, 6.45) is 4.37. The van der Waals surface area contributed by atoms with Gasteiger partial charge in [0.1, 0.15) is 6.10 Å². The lowest BCUT2D eigenvalue weighted by Crippen LogP contribution is -2.70. The van der Waals surface area contributed by atoms with Crippen LogP contribution in [0.3, 0.4) is 0 Å². The first kappa shape index (κ1) is 27.7. The van der Waals surface area contributed by atoms with E-state index in [1.165, 1.54) is 18.3 Å². The second-order valence-corrected chi connectivity index (χ2v) is 13.3. The maximum atomic E-state index is 13.2. The van der Waals surface area contributed by atoms with Crippen molar-refractivity contribution in [2.75, 3.05) is 13.7 Å². The predicted octanol–water partition coefficient (Wildman–Crippen LogP) is 4.72. The van der Waals surface area contributed by atoms with Crippen LogP contribution in [0.2, 0.25) is 0 Å². The molecule has 3 heterocycles. The largest absolute Gasteiger partial charge is 0.472 e. The molecule has 2 aliphatic heterocycles. The molecule has 0 radical (unpaired) electrons. The van der Waals surface area contributed by atoms with Crippen LogP contribution in [0.5, 0.6) is 0 Å². The van der Waals surface area contributed by atoms with Crippen molar-refractivity contribution in [2.24, 2.45) is 28.1 Å². The number of esters is 2. The van der Waals surface area contributed by atoms with Crippen LogP contribution in [-0.4, -0.2) is 61.3 Å². The second kappa shape index (κ2) is 9.30. The molecular formula is C32H42O8. The van der Waals surface area contributed by atoms with Crippen molar-refractivity contribution < 1.29 is 38.1 Å². The van der Waals surface area contributed by atoms with Gasteiger partial charge in [0.05, 0.1) is 50.7 Å². The van der Waals surface area contributed by atoms with Crippen LogP contribution in [0.1, 0.15) is 72.3 Å². The van der Waals surface area contributed by atoms with E-state index in [1.54, 1.807) is 32.4 Å². The summed E-state index contributed by atoms with van der Waals surface area (Å²) in [4.78, 5) is 26.4. The lowest BCUT2D eigenvalue weighted by molar-refractivity contribution is -0.248. The van der Waals surface area contributed by atoms with Gasteiger partial charge in [0.25, 0.3) is 0 Å². The molecule has 11 atom stereocenters. The normalized spacial score (nSPS) is 45.6. The van der Waals surface area contributed by atoms with Crippen LogP contribution in [0.25, 0.3) is 0 Å². The monoisotopic (exact) mass is 554 g/mol. The third kappa shape index (κ3) is 3.48. The summed E-state index contributed by atoms with van der Waals surface area (Å²) in [5, 5.41) is 11.5. The van der Waals surface area contributed by atoms with Gasteiger partial charge in [-0.05, 0) is 50.3 Å². The predicted molar refractivity (Wildman–Crippen MR) is 145 cm³/mol. The van der Waals surface area contributed by atoms with Crippen molar-refractivity contribution in [3.05, 3.63) is 47.0 Å². The fraction of sp³-hybridized carbons (Fsp3) is 0.688. The maximum Gasteiger partial charge on any atom is 0.333 e. The van der Waals surface area contributed by atoms with Crippen molar-refractivity contribution in [3.8, 4) is 0 Å². The Morgan fingerprint density at radius 1 is 1.23 bits per heavy atom. The van der Waals surface area contributed by atoms with Gasteiger partial charge in [-0.1, -0.05) is 32.4 Å². The van der Waals surface area contributed by atoms with Gasteiger partial charge in [0, 0.05) is 46.5 Å². The molecule has 8 heteroatoms. The minimum Gasteiger partial charge on any atom is -0.472 e. The van der Waals surface area contributed by atoms with E-state index in [4.69, 9.17) is 23.4 Å². The van der Waals surface area contributed by atoms with Crippen LogP contribution >= 0.6 is 0 Å². The van der Waals surface area contributed by atoms with Gasteiger partial charge in [0.15, 0.2) is 0 Å². The number of ether oxygens (including phenoxy) is 4. The Labute approximate surface area is 236 Å². The van der Waals surface area contributed by atoms with Crippen LogP contribution < -0.4 is 0 Å². The highest BCUT2D eigenvalue weighted by atomic mass is 16.6. The van der Waals surface area contributed by atoms with E-state index < -0.39 is 34.4 Å². The first-order valence-corrected chi connectivity index (χ1v) is 14.5. The highest BCUT2D eigenvalue weighted by Crippen LogP contribution is 2.73. The van der Waals surface area contributed by atoms with Gasteiger partial charge in [-0.2, -0.15) is 0 Å². The fourth-order valence-electron chi connectivity index (χ4n) is 9.66. The minimum atomic E-state index is -0.727. The molecule has 8 nitrogen and oxygen atoms in total. The second-order valence-electron chi connectivity index (χ2n) is 13.3. The number of hydrogen-bond acceptors (Lipinski definition) is 8. The first-order valence-electron chi connectivity index (χ1n) is 14.5. The Morgan fingerprint density at radius 3 is 2.62 bits per heavy atom. The summed E-state index contributed by atoms with van der Waals surface area (Å²) in [5.74, 6) is -1.02. The smallest absolute Gasteiger partial charge is 0.333 e. The SMILES string of the molecule is C/C=C(\C)C(=O)O[C@H]1C[C@@H](O)[C@@]2(C)CO[C@H]3[C@H]4O[C@@H]5C[C@@H](c6ccoc6)C(C)=C5[C@@]4(C)[C@H](CC(=O)OC)[C@]1(C)[C@@H]32. The molecule has 0 unspecified atom stereocenters. The van der Waals surface area contributed by atoms with Crippen LogP contribution in [0, 0.1) is 28.1 Å². The average Bonchev–Trinajstić information content (AvgIpc) is 3.70. The van der Waals surface area contributed by atoms with Crippen molar-refractivity contribution >= 4 is 11.9 Å². The number of aliphatic hydroxyl groups is 1. The van der Waals surface area contributed by atoms with E-state index in [-0.39, 0.29) is 54.9 Å². The zero-order chi connectivity index (χ0) is 28.8. The molecule has 1 aromatic rings. The molecule has 0 aromatic carbocycles. The molecular weight excluding hydrogens is 512 g/mol. The third-order valence-corrected chi connectivity index (χ3v) is 11.7. The van der Waals surface area contributed by atoms with Gasteiger partial charge in [-0.15, -0.1) is 0 Å². The number of fused-ring (bicyclic) bond motifs is 4. The lowest BCUT2D eigenvalue weighted by atomic mass is 9.40. The summed E-state index contributed by atoms with van der Waals surface area (Å²) < 4.78 is 30.5. The molecule has 4 fully saturated rings. The number of furan rings is 1. The molecule has 5 aliphatic rings. The quantitative estimate of drug-likeness (QED) is 0.317. The van der Waals surface area contributed by atoms with Crippen molar-refractivity contribution in [2.45, 2.75) is 97.2 Å². The molecule has 218 valence electrons. The van der Waals surface area contributed by atoms with E-state index in [1.807, 2.05) is 6.07 Å². The van der Waals surface area contributed by atoms with Gasteiger partial charge >= 0.3 is 11.9 Å². The zero-order valence-corrected chi connectivity index (χ0v) is 24.6.